The van der Waals surface area contributed by atoms with Crippen LogP contribution in [0.5, 0.6) is 0 Å². The van der Waals surface area contributed by atoms with Crippen molar-refractivity contribution in [3.8, 4) is 10.6 Å². The molecule has 3 aromatic rings. The molecule has 38 heavy (non-hydrogen) atoms. The van der Waals surface area contributed by atoms with Crippen molar-refractivity contribution >= 4 is 43.3 Å². The summed E-state index contributed by atoms with van der Waals surface area (Å²) in [5.74, 6) is 0.584. The number of hydrogen-bond acceptors (Lipinski definition) is 11. The number of anilines is 2. The molecular formula is C25H33N7O4S2. The third-order valence-corrected chi connectivity index (χ3v) is 10.4. The Morgan fingerprint density at radius 1 is 1.08 bits per heavy atom. The van der Waals surface area contributed by atoms with E-state index in [0.29, 0.717) is 23.7 Å². The maximum absolute atomic E-state index is 12.1. The molecule has 4 atom stereocenters. The lowest BCUT2D eigenvalue weighted by Crippen LogP contribution is -2.37. The molecule has 0 saturated heterocycles. The van der Waals surface area contributed by atoms with E-state index in [4.69, 9.17) is 15.0 Å². The van der Waals surface area contributed by atoms with Crippen LogP contribution in [0.15, 0.2) is 12.3 Å². The minimum Gasteiger partial charge on any atom is -0.390 e. The number of aryl methyl sites for hydroxylation is 1. The van der Waals surface area contributed by atoms with Crippen LogP contribution in [0, 0.1) is 12.8 Å². The molecule has 3 aliphatic rings. The molecular weight excluding hydrogens is 526 g/mol. The van der Waals surface area contributed by atoms with Gasteiger partial charge in [0.15, 0.2) is 0 Å². The van der Waals surface area contributed by atoms with Gasteiger partial charge in [-0.25, -0.2) is 23.1 Å². The van der Waals surface area contributed by atoms with Gasteiger partial charge in [0.1, 0.15) is 22.4 Å². The Balaban J connectivity index is 1.36. The van der Waals surface area contributed by atoms with Crippen LogP contribution in [0.1, 0.15) is 55.8 Å². The molecule has 3 aliphatic carbocycles. The van der Waals surface area contributed by atoms with Gasteiger partial charge in [-0.05, 0) is 58.6 Å². The van der Waals surface area contributed by atoms with Crippen molar-refractivity contribution in [3.63, 3.8) is 0 Å². The van der Waals surface area contributed by atoms with Gasteiger partial charge in [0.25, 0.3) is 0 Å². The van der Waals surface area contributed by atoms with Gasteiger partial charge < -0.3 is 20.8 Å². The molecule has 13 heteroatoms. The molecule has 0 spiro atoms. The van der Waals surface area contributed by atoms with Gasteiger partial charge in [-0.15, -0.1) is 11.3 Å². The summed E-state index contributed by atoms with van der Waals surface area (Å²) in [6.45, 7) is 1.92. The van der Waals surface area contributed by atoms with Crippen molar-refractivity contribution in [1.82, 2.24) is 24.7 Å². The second-order valence-corrected chi connectivity index (χ2v) is 13.7. The second kappa shape index (κ2) is 9.94. The fourth-order valence-electron chi connectivity index (χ4n) is 5.34. The molecule has 3 aromatic heterocycles. The van der Waals surface area contributed by atoms with Crippen LogP contribution < -0.4 is 15.4 Å². The van der Waals surface area contributed by atoms with Gasteiger partial charge in [0, 0.05) is 24.1 Å². The number of rotatable bonds is 9. The Morgan fingerprint density at radius 2 is 1.87 bits per heavy atom. The summed E-state index contributed by atoms with van der Waals surface area (Å²) in [5, 5.41) is 29.0. The zero-order valence-corrected chi connectivity index (χ0v) is 23.0. The Bertz CT molecular complexity index is 1460. The number of aromatic nitrogens is 4. The SMILES string of the molecule is CNS(=O)(=O)C[C@H]1C[C@@H](Nc2nc(NC3CCC3)nc(C)c2-c2nc3c(C4CC4)nccc3s2)[C@H](O)[C@@H]1O. The standard InChI is InChI=1S/C25H33N7O4S2/c1-12-18(24-31-20-17(37-24)8-9-27-19(20)13-6-7-13)23(32-25(28-12)29-15-4-3-5-15)30-16-10-14(21(33)22(16)34)11-38(35,36)26-2/h8-9,13-16,21-22,26,33-34H,3-7,10-11H2,1-2H3,(H2,28,29,30,32)/t14-,16-,21-,22+/m1/s1. The molecule has 3 heterocycles. The van der Waals surface area contributed by atoms with Gasteiger partial charge >= 0.3 is 0 Å². The van der Waals surface area contributed by atoms with E-state index in [2.05, 4.69) is 20.3 Å². The zero-order valence-electron chi connectivity index (χ0n) is 21.4. The average molecular weight is 560 g/mol. The molecule has 3 saturated carbocycles. The van der Waals surface area contributed by atoms with Crippen molar-refractivity contribution in [2.45, 2.75) is 75.7 Å². The van der Waals surface area contributed by atoms with Crippen LogP contribution in [-0.2, 0) is 10.0 Å². The molecule has 3 fully saturated rings. The largest absolute Gasteiger partial charge is 0.390 e. The lowest BCUT2D eigenvalue weighted by molar-refractivity contribution is 0.0216. The summed E-state index contributed by atoms with van der Waals surface area (Å²) < 4.78 is 27.6. The number of hydrogen-bond donors (Lipinski definition) is 5. The lowest BCUT2D eigenvalue weighted by atomic mass is 9.93. The van der Waals surface area contributed by atoms with E-state index >= 15 is 0 Å². The van der Waals surface area contributed by atoms with Gasteiger partial charge in [-0.3, -0.25) is 4.98 Å². The Hall–Kier alpha value is -2.45. The van der Waals surface area contributed by atoms with Crippen molar-refractivity contribution < 1.29 is 18.6 Å². The van der Waals surface area contributed by atoms with E-state index in [9.17, 15) is 18.6 Å². The summed E-state index contributed by atoms with van der Waals surface area (Å²) in [5.41, 5.74) is 3.42. The van der Waals surface area contributed by atoms with E-state index in [0.717, 1.165) is 57.9 Å². The fourth-order valence-corrected chi connectivity index (χ4v) is 7.48. The Labute approximate surface area is 225 Å². The normalized spacial score (nSPS) is 26.0. The van der Waals surface area contributed by atoms with E-state index in [1.54, 1.807) is 11.3 Å². The van der Waals surface area contributed by atoms with Gasteiger partial charge in [-0.1, -0.05) is 0 Å². The lowest BCUT2D eigenvalue weighted by Gasteiger charge is -2.27. The maximum atomic E-state index is 12.1. The maximum Gasteiger partial charge on any atom is 0.225 e. The first-order valence-electron chi connectivity index (χ1n) is 13.2. The quantitative estimate of drug-likeness (QED) is 0.263. The van der Waals surface area contributed by atoms with Gasteiger partial charge in [-0.2, -0.15) is 4.98 Å². The van der Waals surface area contributed by atoms with E-state index in [1.165, 1.54) is 13.5 Å². The van der Waals surface area contributed by atoms with Crippen LogP contribution in [0.25, 0.3) is 20.8 Å². The minimum atomic E-state index is -3.55. The van der Waals surface area contributed by atoms with Crippen molar-refractivity contribution in [3.05, 3.63) is 23.7 Å². The highest BCUT2D eigenvalue weighted by Crippen LogP contribution is 2.44. The van der Waals surface area contributed by atoms with Crippen LogP contribution in [0.4, 0.5) is 11.8 Å². The molecule has 5 N–H and O–H groups in total. The van der Waals surface area contributed by atoms with Crippen molar-refractivity contribution in [1.29, 1.82) is 0 Å². The number of sulfonamides is 1. The monoisotopic (exact) mass is 559 g/mol. The van der Waals surface area contributed by atoms with Crippen LogP contribution >= 0.6 is 11.3 Å². The summed E-state index contributed by atoms with van der Waals surface area (Å²) in [7, 11) is -2.21. The van der Waals surface area contributed by atoms with E-state index in [1.807, 2.05) is 19.2 Å². The second-order valence-electron chi connectivity index (χ2n) is 10.7. The molecule has 0 radical (unpaired) electrons. The average Bonchev–Trinajstić information content (AvgIpc) is 3.56. The third kappa shape index (κ3) is 4.97. The number of aliphatic hydroxyl groups excluding tert-OH is 2. The van der Waals surface area contributed by atoms with Crippen molar-refractivity contribution in [2.75, 3.05) is 23.4 Å². The van der Waals surface area contributed by atoms with E-state index in [-0.39, 0.29) is 12.2 Å². The summed E-state index contributed by atoms with van der Waals surface area (Å²) >= 11 is 1.55. The van der Waals surface area contributed by atoms with Gasteiger partial charge in [0.2, 0.25) is 16.0 Å². The number of nitrogens with one attached hydrogen (secondary N) is 3. The predicted octanol–water partition coefficient (Wildman–Crippen LogP) is 2.37. The molecule has 0 amide bonds. The number of fused-ring (bicyclic) bond motifs is 1. The van der Waals surface area contributed by atoms with Crippen LogP contribution in [0.3, 0.4) is 0 Å². The highest BCUT2D eigenvalue weighted by atomic mass is 32.2. The third-order valence-electron chi connectivity index (χ3n) is 7.91. The molecule has 0 bridgehead atoms. The van der Waals surface area contributed by atoms with E-state index < -0.39 is 34.2 Å². The smallest absolute Gasteiger partial charge is 0.225 e. The first-order valence-corrected chi connectivity index (χ1v) is 15.6. The minimum absolute atomic E-state index is 0.265. The molecule has 0 unspecified atom stereocenters. The van der Waals surface area contributed by atoms with Crippen LogP contribution in [0.2, 0.25) is 0 Å². The highest BCUT2D eigenvalue weighted by molar-refractivity contribution is 7.89. The predicted molar refractivity (Wildman–Crippen MR) is 147 cm³/mol. The molecule has 6 rings (SSSR count). The molecule has 204 valence electrons. The van der Waals surface area contributed by atoms with Crippen molar-refractivity contribution in [2.24, 2.45) is 5.92 Å². The number of pyridine rings is 1. The number of thiazole rings is 1. The first kappa shape index (κ1) is 25.8. The Morgan fingerprint density at radius 3 is 2.55 bits per heavy atom. The highest BCUT2D eigenvalue weighted by Gasteiger charge is 2.43. The fraction of sp³-hybridized carbons (Fsp3) is 0.600. The van der Waals surface area contributed by atoms with Crippen LogP contribution in [-0.4, -0.2) is 75.7 Å². The number of aliphatic hydroxyl groups is 2. The molecule has 0 aromatic carbocycles. The molecule has 11 nitrogen and oxygen atoms in total. The summed E-state index contributed by atoms with van der Waals surface area (Å²) in [4.78, 5) is 19.1. The molecule has 0 aliphatic heterocycles. The summed E-state index contributed by atoms with van der Waals surface area (Å²) in [6, 6.07) is 1.71. The number of nitrogens with zero attached hydrogens (tertiary/aromatic N) is 4. The Kier molecular flexibility index (Phi) is 6.75. The first-order chi connectivity index (χ1) is 18.2. The van der Waals surface area contributed by atoms with Gasteiger partial charge in [0.05, 0.1) is 39.5 Å². The summed E-state index contributed by atoms with van der Waals surface area (Å²) in [6.07, 6.45) is 5.33. The topological polar surface area (TPSA) is 162 Å². The zero-order chi connectivity index (χ0) is 26.6.